The van der Waals surface area contributed by atoms with Gasteiger partial charge in [-0.05, 0) is 50.1 Å². The number of benzene rings is 2. The highest BCUT2D eigenvalue weighted by atomic mass is 32.2. The lowest BCUT2D eigenvalue weighted by molar-refractivity contribution is -0.155. The van der Waals surface area contributed by atoms with Crippen LogP contribution in [-0.4, -0.2) is 20.1 Å². The van der Waals surface area contributed by atoms with E-state index in [9.17, 15) is 21.6 Å². The number of aryl methyl sites for hydroxylation is 2. The van der Waals surface area contributed by atoms with Gasteiger partial charge in [0.15, 0.2) is 0 Å². The molecule has 29 heavy (non-hydrogen) atoms. The molecule has 2 aromatic carbocycles. The van der Waals surface area contributed by atoms with E-state index in [2.05, 4.69) is 9.68 Å². The summed E-state index contributed by atoms with van der Waals surface area (Å²) in [4.78, 5) is -0.00471. The largest absolute Gasteiger partial charge is 0.452 e. The van der Waals surface area contributed by atoms with E-state index in [0.29, 0.717) is 11.3 Å². The zero-order valence-corrected chi connectivity index (χ0v) is 16.8. The van der Waals surface area contributed by atoms with Crippen LogP contribution in [0.4, 0.5) is 18.9 Å². The zero-order chi connectivity index (χ0) is 21.4. The first-order valence-electron chi connectivity index (χ1n) is 8.78. The summed E-state index contributed by atoms with van der Waals surface area (Å²) in [6, 6.07) is 12.2. The van der Waals surface area contributed by atoms with Crippen molar-refractivity contribution >= 4 is 15.7 Å². The number of aromatic nitrogens is 1. The predicted octanol–water partition coefficient (Wildman–Crippen LogP) is 5.19. The second-order valence-electron chi connectivity index (χ2n) is 6.56. The molecular weight excluding hydrogens is 405 g/mol. The molecule has 0 amide bonds. The Morgan fingerprint density at radius 2 is 1.79 bits per heavy atom. The standard InChI is InChI=1S/C20H19F3N2O3S/c1-4-25(16-7-5-6-13(2)10-16)29(26,27)18-11-15(9-8-14(18)3)17-12-19(28-24-17)20(21,22)23/h5-12H,4H2,1-3H3. The van der Waals surface area contributed by atoms with Gasteiger partial charge in [-0.15, -0.1) is 0 Å². The first kappa shape index (κ1) is 20.9. The van der Waals surface area contributed by atoms with Crippen molar-refractivity contribution in [1.82, 2.24) is 5.16 Å². The molecule has 0 atom stereocenters. The van der Waals surface area contributed by atoms with Gasteiger partial charge < -0.3 is 4.52 Å². The topological polar surface area (TPSA) is 63.4 Å². The molecule has 9 heteroatoms. The second-order valence-corrected chi connectivity index (χ2v) is 8.39. The third kappa shape index (κ3) is 4.14. The molecule has 0 aliphatic heterocycles. The number of sulfonamides is 1. The monoisotopic (exact) mass is 424 g/mol. The zero-order valence-electron chi connectivity index (χ0n) is 16.0. The molecule has 0 bridgehead atoms. The Kier molecular flexibility index (Phi) is 5.44. The minimum atomic E-state index is -4.67. The van der Waals surface area contributed by atoms with Gasteiger partial charge in [-0.25, -0.2) is 8.42 Å². The minimum Gasteiger partial charge on any atom is -0.351 e. The van der Waals surface area contributed by atoms with Crippen LogP contribution < -0.4 is 4.31 Å². The normalized spacial score (nSPS) is 12.2. The van der Waals surface area contributed by atoms with Gasteiger partial charge in [0.2, 0.25) is 5.76 Å². The smallest absolute Gasteiger partial charge is 0.351 e. The number of alkyl halides is 3. The summed E-state index contributed by atoms with van der Waals surface area (Å²) in [6.07, 6.45) is -4.67. The van der Waals surface area contributed by atoms with E-state index in [1.165, 1.54) is 22.5 Å². The average molecular weight is 424 g/mol. The van der Waals surface area contributed by atoms with Crippen LogP contribution in [0.25, 0.3) is 11.3 Å². The molecule has 0 N–H and O–H groups in total. The van der Waals surface area contributed by atoms with Crippen molar-refractivity contribution in [2.24, 2.45) is 0 Å². The Balaban J connectivity index is 2.08. The Morgan fingerprint density at radius 1 is 1.07 bits per heavy atom. The Morgan fingerprint density at radius 3 is 2.38 bits per heavy atom. The number of rotatable bonds is 5. The molecule has 0 radical (unpaired) electrons. The number of hydrogen-bond donors (Lipinski definition) is 0. The minimum absolute atomic E-state index is 0.00471. The number of hydrogen-bond acceptors (Lipinski definition) is 4. The third-order valence-electron chi connectivity index (χ3n) is 4.42. The van der Waals surface area contributed by atoms with E-state index in [0.717, 1.165) is 11.6 Å². The molecular formula is C20H19F3N2O3S. The predicted molar refractivity (Wildman–Crippen MR) is 103 cm³/mol. The van der Waals surface area contributed by atoms with E-state index >= 15 is 0 Å². The summed E-state index contributed by atoms with van der Waals surface area (Å²) in [5, 5.41) is 3.44. The molecule has 3 rings (SSSR count). The average Bonchev–Trinajstić information content (AvgIpc) is 3.13. The van der Waals surface area contributed by atoms with Gasteiger partial charge in [0, 0.05) is 18.2 Å². The van der Waals surface area contributed by atoms with E-state index in [-0.39, 0.29) is 22.7 Å². The van der Waals surface area contributed by atoms with E-state index in [1.807, 2.05) is 13.0 Å². The van der Waals surface area contributed by atoms with E-state index < -0.39 is 22.0 Å². The van der Waals surface area contributed by atoms with Crippen LogP contribution in [0, 0.1) is 13.8 Å². The molecule has 0 aliphatic rings. The van der Waals surface area contributed by atoms with Crippen LogP contribution in [0.2, 0.25) is 0 Å². The highest BCUT2D eigenvalue weighted by Crippen LogP contribution is 2.34. The van der Waals surface area contributed by atoms with Gasteiger partial charge in [0.25, 0.3) is 10.0 Å². The summed E-state index contributed by atoms with van der Waals surface area (Å²) in [5.41, 5.74) is 2.02. The lowest BCUT2D eigenvalue weighted by atomic mass is 10.1. The number of nitrogens with zero attached hydrogens (tertiary/aromatic N) is 2. The fourth-order valence-electron chi connectivity index (χ4n) is 2.98. The van der Waals surface area contributed by atoms with Crippen molar-refractivity contribution in [3.05, 3.63) is 65.4 Å². The van der Waals surface area contributed by atoms with Crippen molar-refractivity contribution in [3.8, 4) is 11.3 Å². The molecule has 3 aromatic rings. The molecule has 154 valence electrons. The maximum atomic E-state index is 13.3. The van der Waals surface area contributed by atoms with Crippen molar-refractivity contribution in [2.45, 2.75) is 31.8 Å². The third-order valence-corrected chi connectivity index (χ3v) is 6.46. The summed E-state index contributed by atoms with van der Waals surface area (Å²) < 4.78 is 70.7. The van der Waals surface area contributed by atoms with Gasteiger partial charge in [-0.1, -0.05) is 29.4 Å². The summed E-state index contributed by atoms with van der Waals surface area (Å²) in [5.74, 6) is -1.24. The van der Waals surface area contributed by atoms with E-state index in [1.54, 1.807) is 32.0 Å². The van der Waals surface area contributed by atoms with Gasteiger partial charge >= 0.3 is 6.18 Å². The van der Waals surface area contributed by atoms with Crippen molar-refractivity contribution in [2.75, 3.05) is 10.8 Å². The Labute approximate surface area is 166 Å². The van der Waals surface area contributed by atoms with Crippen molar-refractivity contribution in [1.29, 1.82) is 0 Å². The Hall–Kier alpha value is -2.81. The highest BCUT2D eigenvalue weighted by molar-refractivity contribution is 7.92. The molecule has 0 aliphatic carbocycles. The molecule has 1 heterocycles. The van der Waals surface area contributed by atoms with E-state index in [4.69, 9.17) is 0 Å². The van der Waals surface area contributed by atoms with Gasteiger partial charge in [0.1, 0.15) is 5.69 Å². The lowest BCUT2D eigenvalue weighted by Crippen LogP contribution is -2.31. The fraction of sp³-hybridized carbons (Fsp3) is 0.250. The van der Waals surface area contributed by atoms with Crippen LogP contribution in [0.3, 0.4) is 0 Å². The highest BCUT2D eigenvalue weighted by Gasteiger charge is 2.36. The quantitative estimate of drug-likeness (QED) is 0.565. The maximum absolute atomic E-state index is 13.3. The molecule has 5 nitrogen and oxygen atoms in total. The SMILES string of the molecule is CCN(c1cccc(C)c1)S(=O)(=O)c1cc(-c2cc(C(F)(F)F)on2)ccc1C. The summed E-state index contributed by atoms with van der Waals surface area (Å²) in [7, 11) is -3.95. The fourth-order valence-corrected chi connectivity index (χ4v) is 4.69. The van der Waals surface area contributed by atoms with Crippen LogP contribution in [0.1, 0.15) is 23.8 Å². The molecule has 0 fully saturated rings. The van der Waals surface area contributed by atoms with Crippen LogP contribution in [-0.2, 0) is 16.2 Å². The maximum Gasteiger partial charge on any atom is 0.452 e. The molecule has 0 unspecified atom stereocenters. The van der Waals surface area contributed by atoms with Gasteiger partial charge in [-0.2, -0.15) is 13.2 Å². The van der Waals surface area contributed by atoms with Crippen molar-refractivity contribution in [3.63, 3.8) is 0 Å². The molecule has 1 aromatic heterocycles. The first-order chi connectivity index (χ1) is 13.5. The first-order valence-corrected chi connectivity index (χ1v) is 10.2. The van der Waals surface area contributed by atoms with Gasteiger partial charge in [-0.3, -0.25) is 4.31 Å². The molecule has 0 spiro atoms. The second kappa shape index (κ2) is 7.55. The molecule has 0 saturated carbocycles. The van der Waals surface area contributed by atoms with Crippen LogP contribution in [0.5, 0.6) is 0 Å². The summed E-state index contributed by atoms with van der Waals surface area (Å²) in [6.45, 7) is 5.40. The number of halogens is 3. The van der Waals surface area contributed by atoms with Crippen molar-refractivity contribution < 1.29 is 26.1 Å². The van der Waals surface area contributed by atoms with Crippen LogP contribution in [0.15, 0.2) is 57.9 Å². The summed E-state index contributed by atoms with van der Waals surface area (Å²) >= 11 is 0. The molecule has 0 saturated heterocycles. The van der Waals surface area contributed by atoms with Gasteiger partial charge in [0.05, 0.1) is 10.6 Å². The van der Waals surface area contributed by atoms with Crippen LogP contribution >= 0.6 is 0 Å². The lowest BCUT2D eigenvalue weighted by Gasteiger charge is -2.24. The Bertz CT molecular complexity index is 1140. The number of anilines is 1.